The second-order valence-corrected chi connectivity index (χ2v) is 5.92. The lowest BCUT2D eigenvalue weighted by Gasteiger charge is -2.23. The molecule has 0 bridgehead atoms. The second kappa shape index (κ2) is 7.56. The quantitative estimate of drug-likeness (QED) is 0.849. The number of phenols is 1. The molecule has 1 heterocycles. The van der Waals surface area contributed by atoms with Crippen molar-refractivity contribution in [3.8, 4) is 5.75 Å². The van der Waals surface area contributed by atoms with Crippen molar-refractivity contribution in [2.45, 2.75) is 27.0 Å². The van der Waals surface area contributed by atoms with Gasteiger partial charge in [0.2, 0.25) is 0 Å². The van der Waals surface area contributed by atoms with Crippen LogP contribution >= 0.6 is 15.9 Å². The van der Waals surface area contributed by atoms with Gasteiger partial charge in [-0.1, -0.05) is 15.9 Å². The summed E-state index contributed by atoms with van der Waals surface area (Å²) in [4.78, 5) is 11.0. The number of halogens is 1. The highest BCUT2D eigenvalue weighted by Gasteiger charge is 2.12. The molecule has 1 aromatic heterocycles. The Bertz CT molecular complexity index is 649. The lowest BCUT2D eigenvalue weighted by Crippen LogP contribution is -2.24. The van der Waals surface area contributed by atoms with E-state index in [-0.39, 0.29) is 5.75 Å². The minimum absolute atomic E-state index is 0.282. The number of benzene rings is 1. The number of aromatic nitrogens is 2. The van der Waals surface area contributed by atoms with E-state index in [0.717, 1.165) is 28.1 Å². The number of phenolic OH excluding ortho intramolecular Hbond substituents is 1. The van der Waals surface area contributed by atoms with Crippen LogP contribution < -0.4 is 4.90 Å². The molecule has 6 heteroatoms. The normalized spacial score (nSPS) is 10.7. The van der Waals surface area contributed by atoms with Crippen LogP contribution in [0.3, 0.4) is 0 Å². The number of nitrogens with zero attached hydrogens (tertiary/aromatic N) is 3. The second-order valence-electron chi connectivity index (χ2n) is 5.00. The molecule has 0 aliphatic heterocycles. The number of ether oxygens (including phenoxy) is 1. The minimum Gasteiger partial charge on any atom is -0.508 e. The van der Waals surface area contributed by atoms with Gasteiger partial charge in [-0.05, 0) is 32.0 Å². The minimum atomic E-state index is 0.282. The van der Waals surface area contributed by atoms with Gasteiger partial charge in [0.25, 0.3) is 0 Å². The Balaban J connectivity index is 2.29. The molecule has 1 aromatic carbocycles. The van der Waals surface area contributed by atoms with Gasteiger partial charge in [0.1, 0.15) is 18.2 Å². The molecule has 2 aromatic rings. The van der Waals surface area contributed by atoms with E-state index in [9.17, 15) is 5.11 Å². The average Bonchev–Trinajstić information content (AvgIpc) is 2.48. The van der Waals surface area contributed by atoms with E-state index in [4.69, 9.17) is 4.74 Å². The first kappa shape index (κ1) is 16.7. The summed E-state index contributed by atoms with van der Waals surface area (Å²) >= 11 is 3.44. The maximum atomic E-state index is 10.0. The molecule has 118 valence electrons. The molecule has 0 fully saturated rings. The molecule has 0 atom stereocenters. The third-order valence-corrected chi connectivity index (χ3v) is 3.76. The zero-order valence-electron chi connectivity index (χ0n) is 13.0. The fourth-order valence-corrected chi connectivity index (χ4v) is 2.62. The first-order valence-corrected chi connectivity index (χ1v) is 7.88. The number of hydrogen-bond acceptors (Lipinski definition) is 5. The Kier molecular flexibility index (Phi) is 5.74. The molecule has 1 N–H and O–H groups in total. The first-order chi connectivity index (χ1) is 10.5. The van der Waals surface area contributed by atoms with Gasteiger partial charge >= 0.3 is 0 Å². The largest absolute Gasteiger partial charge is 0.508 e. The summed E-state index contributed by atoms with van der Waals surface area (Å²) in [6.07, 6.45) is 0. The van der Waals surface area contributed by atoms with Crippen LogP contribution in [0.5, 0.6) is 5.75 Å². The highest BCUT2D eigenvalue weighted by atomic mass is 79.9. The molecule has 0 aliphatic carbocycles. The zero-order chi connectivity index (χ0) is 16.1. The highest BCUT2D eigenvalue weighted by molar-refractivity contribution is 9.10. The van der Waals surface area contributed by atoms with E-state index in [1.165, 1.54) is 0 Å². The van der Waals surface area contributed by atoms with Gasteiger partial charge in [-0.25, -0.2) is 9.97 Å². The fraction of sp³-hybridized carbons (Fsp3) is 0.375. The van der Waals surface area contributed by atoms with E-state index >= 15 is 0 Å². The molecular formula is C16H20BrN3O2. The van der Waals surface area contributed by atoms with Crippen LogP contribution in [-0.2, 0) is 17.9 Å². The molecule has 0 amide bonds. The van der Waals surface area contributed by atoms with E-state index < -0.39 is 0 Å². The van der Waals surface area contributed by atoms with Gasteiger partial charge in [-0.15, -0.1) is 0 Å². The summed E-state index contributed by atoms with van der Waals surface area (Å²) in [5.41, 5.74) is 1.75. The van der Waals surface area contributed by atoms with Crippen molar-refractivity contribution in [1.29, 1.82) is 0 Å². The molecule has 0 aliphatic rings. The molecular weight excluding hydrogens is 346 g/mol. The molecule has 2 rings (SSSR count). The van der Waals surface area contributed by atoms with Crippen LogP contribution in [0.2, 0.25) is 0 Å². The van der Waals surface area contributed by atoms with Gasteiger partial charge in [0.15, 0.2) is 5.82 Å². The van der Waals surface area contributed by atoms with Crippen molar-refractivity contribution in [2.75, 3.05) is 18.6 Å². The Morgan fingerprint density at radius 3 is 2.73 bits per heavy atom. The van der Waals surface area contributed by atoms with Crippen LogP contribution in [0.1, 0.15) is 24.0 Å². The molecule has 5 nitrogen and oxygen atoms in total. The van der Waals surface area contributed by atoms with E-state index in [1.807, 2.05) is 25.1 Å². The van der Waals surface area contributed by atoms with Crippen molar-refractivity contribution in [3.63, 3.8) is 0 Å². The maximum absolute atomic E-state index is 10.0. The topological polar surface area (TPSA) is 58.5 Å². The van der Waals surface area contributed by atoms with Crippen molar-refractivity contribution in [3.05, 3.63) is 45.8 Å². The van der Waals surface area contributed by atoms with Gasteiger partial charge in [-0.3, -0.25) is 0 Å². The summed E-state index contributed by atoms with van der Waals surface area (Å²) in [5.74, 6) is 1.78. The Labute approximate surface area is 139 Å². The Morgan fingerprint density at radius 1 is 1.27 bits per heavy atom. The van der Waals surface area contributed by atoms with E-state index in [1.54, 1.807) is 13.2 Å². The molecule has 0 spiro atoms. The zero-order valence-corrected chi connectivity index (χ0v) is 14.6. The van der Waals surface area contributed by atoms with Crippen LogP contribution in [0.25, 0.3) is 0 Å². The smallest absolute Gasteiger partial charge is 0.156 e. The summed E-state index contributed by atoms with van der Waals surface area (Å²) < 4.78 is 6.05. The molecule has 0 radical (unpaired) electrons. The number of anilines is 1. The van der Waals surface area contributed by atoms with Crippen LogP contribution in [0, 0.1) is 6.92 Å². The number of hydrogen-bond donors (Lipinski definition) is 1. The summed E-state index contributed by atoms with van der Waals surface area (Å²) in [6.45, 7) is 5.73. The van der Waals surface area contributed by atoms with E-state index in [2.05, 4.69) is 37.7 Å². The number of methoxy groups -OCH3 is 1. The summed E-state index contributed by atoms with van der Waals surface area (Å²) in [7, 11) is 1.63. The van der Waals surface area contributed by atoms with Gasteiger partial charge in [-0.2, -0.15) is 0 Å². The van der Waals surface area contributed by atoms with Crippen LogP contribution in [-0.4, -0.2) is 28.7 Å². The molecule has 0 saturated heterocycles. The molecule has 0 saturated carbocycles. The predicted molar refractivity (Wildman–Crippen MR) is 90.0 cm³/mol. The standard InChI is InChI=1S/C16H20BrN3O2/c1-4-20(9-12-8-13(17)5-6-14(12)21)16-7-11(2)18-15(19-16)10-22-3/h5-8,21H,4,9-10H2,1-3H3. The number of rotatable bonds is 6. The number of aryl methyl sites for hydroxylation is 1. The SMILES string of the molecule is CCN(Cc1cc(Br)ccc1O)c1cc(C)nc(COC)n1. The van der Waals surface area contributed by atoms with Crippen LogP contribution in [0.15, 0.2) is 28.7 Å². The van der Waals surface area contributed by atoms with Crippen molar-refractivity contribution in [1.82, 2.24) is 9.97 Å². The fourth-order valence-electron chi connectivity index (χ4n) is 2.21. The Hall–Kier alpha value is -1.66. The van der Waals surface area contributed by atoms with Crippen molar-refractivity contribution >= 4 is 21.7 Å². The van der Waals surface area contributed by atoms with Crippen molar-refractivity contribution < 1.29 is 9.84 Å². The first-order valence-electron chi connectivity index (χ1n) is 7.09. The third-order valence-electron chi connectivity index (χ3n) is 3.27. The summed E-state index contributed by atoms with van der Waals surface area (Å²) in [5, 5.41) is 10.0. The third kappa shape index (κ3) is 4.18. The lowest BCUT2D eigenvalue weighted by molar-refractivity contribution is 0.177. The monoisotopic (exact) mass is 365 g/mol. The van der Waals surface area contributed by atoms with Gasteiger partial charge in [0.05, 0.1) is 0 Å². The van der Waals surface area contributed by atoms with E-state index in [0.29, 0.717) is 19.0 Å². The molecule has 22 heavy (non-hydrogen) atoms. The van der Waals surface area contributed by atoms with Gasteiger partial charge < -0.3 is 14.7 Å². The lowest BCUT2D eigenvalue weighted by atomic mass is 10.2. The number of aromatic hydroxyl groups is 1. The Morgan fingerprint density at radius 2 is 2.05 bits per heavy atom. The average molecular weight is 366 g/mol. The van der Waals surface area contributed by atoms with Crippen LogP contribution in [0.4, 0.5) is 5.82 Å². The summed E-state index contributed by atoms with van der Waals surface area (Å²) in [6, 6.07) is 7.37. The highest BCUT2D eigenvalue weighted by Crippen LogP contribution is 2.25. The maximum Gasteiger partial charge on any atom is 0.156 e. The predicted octanol–water partition coefficient (Wildman–Crippen LogP) is 3.43. The van der Waals surface area contributed by atoms with Gasteiger partial charge in [0, 0.05) is 42.0 Å². The molecule has 0 unspecified atom stereocenters. The van der Waals surface area contributed by atoms with Crippen molar-refractivity contribution in [2.24, 2.45) is 0 Å².